The van der Waals surface area contributed by atoms with Crippen molar-refractivity contribution in [3.8, 4) is 6.07 Å². The molecular formula is C16H11ClN4O2S2. The Labute approximate surface area is 156 Å². The second-order valence-electron chi connectivity index (χ2n) is 5.04. The van der Waals surface area contributed by atoms with Crippen molar-refractivity contribution in [1.82, 2.24) is 9.55 Å². The zero-order chi connectivity index (χ0) is 18.0. The summed E-state index contributed by atoms with van der Waals surface area (Å²) in [6, 6.07) is 8.37. The molecule has 25 heavy (non-hydrogen) atoms. The van der Waals surface area contributed by atoms with Crippen LogP contribution in [0.15, 0.2) is 39.6 Å². The minimum absolute atomic E-state index is 0.0920. The Bertz CT molecular complexity index is 1070. The van der Waals surface area contributed by atoms with Gasteiger partial charge in [-0.2, -0.15) is 5.26 Å². The fourth-order valence-corrected chi connectivity index (χ4v) is 3.92. The number of nitrogens with one attached hydrogen (secondary N) is 1. The van der Waals surface area contributed by atoms with Crippen LogP contribution in [0.3, 0.4) is 0 Å². The maximum Gasteiger partial charge on any atom is 0.262 e. The fourth-order valence-electron chi connectivity index (χ4n) is 2.12. The first-order valence-electron chi connectivity index (χ1n) is 7.06. The Balaban J connectivity index is 1.70. The number of hydrogen-bond donors (Lipinski definition) is 1. The van der Waals surface area contributed by atoms with Gasteiger partial charge in [0.15, 0.2) is 5.16 Å². The third-order valence-corrected chi connectivity index (χ3v) is 5.52. The molecule has 9 heteroatoms. The lowest BCUT2D eigenvalue weighted by atomic mass is 10.2. The molecule has 0 bridgehead atoms. The summed E-state index contributed by atoms with van der Waals surface area (Å²) in [6.45, 7) is 0. The van der Waals surface area contributed by atoms with E-state index in [1.807, 2.05) is 11.4 Å². The third kappa shape index (κ3) is 3.69. The lowest BCUT2D eigenvalue weighted by molar-refractivity contribution is -0.113. The summed E-state index contributed by atoms with van der Waals surface area (Å²) in [4.78, 5) is 29.4. The van der Waals surface area contributed by atoms with Crippen LogP contribution in [0.2, 0.25) is 5.02 Å². The Hall–Kier alpha value is -2.34. The molecule has 2 aromatic heterocycles. The van der Waals surface area contributed by atoms with Gasteiger partial charge >= 0.3 is 0 Å². The lowest BCUT2D eigenvalue weighted by Crippen LogP contribution is -2.20. The fraction of sp³-hybridized carbons (Fsp3) is 0.125. The standard InChI is InChI=1S/C16H11ClN4O2S2/c1-21-15(23)11-4-5-24-14(11)20-16(21)25-8-13(22)19-10-3-2-9(7-18)12(17)6-10/h2-6H,8H2,1H3,(H,19,22). The summed E-state index contributed by atoms with van der Waals surface area (Å²) < 4.78 is 1.44. The van der Waals surface area contributed by atoms with E-state index >= 15 is 0 Å². The molecule has 1 N–H and O–H groups in total. The highest BCUT2D eigenvalue weighted by Crippen LogP contribution is 2.22. The first-order chi connectivity index (χ1) is 12.0. The van der Waals surface area contributed by atoms with Crippen LogP contribution in [-0.4, -0.2) is 21.2 Å². The van der Waals surface area contributed by atoms with Crippen LogP contribution < -0.4 is 10.9 Å². The molecule has 1 amide bonds. The molecule has 0 unspecified atom stereocenters. The van der Waals surface area contributed by atoms with Crippen molar-refractivity contribution in [1.29, 1.82) is 5.26 Å². The second-order valence-corrected chi connectivity index (χ2v) is 7.29. The number of benzene rings is 1. The highest BCUT2D eigenvalue weighted by molar-refractivity contribution is 7.99. The van der Waals surface area contributed by atoms with E-state index in [-0.39, 0.29) is 22.2 Å². The van der Waals surface area contributed by atoms with Gasteiger partial charge in [0.05, 0.1) is 21.7 Å². The van der Waals surface area contributed by atoms with E-state index in [1.165, 1.54) is 33.7 Å². The van der Waals surface area contributed by atoms with E-state index in [1.54, 1.807) is 25.2 Å². The highest BCUT2D eigenvalue weighted by atomic mass is 35.5. The van der Waals surface area contributed by atoms with Gasteiger partial charge in [-0.25, -0.2) is 4.98 Å². The first-order valence-corrected chi connectivity index (χ1v) is 9.30. The summed E-state index contributed by atoms with van der Waals surface area (Å²) >= 11 is 8.51. The molecule has 0 spiro atoms. The van der Waals surface area contributed by atoms with Gasteiger partial charge in [0.25, 0.3) is 5.56 Å². The molecular weight excluding hydrogens is 380 g/mol. The summed E-state index contributed by atoms with van der Waals surface area (Å²) in [7, 11) is 1.63. The Kier molecular flexibility index (Phi) is 5.08. The number of aromatic nitrogens is 2. The summed E-state index contributed by atoms with van der Waals surface area (Å²) in [5.41, 5.74) is 0.718. The molecule has 0 fully saturated rings. The van der Waals surface area contributed by atoms with Gasteiger partial charge in [-0.15, -0.1) is 11.3 Å². The highest BCUT2D eigenvalue weighted by Gasteiger charge is 2.12. The molecule has 126 valence electrons. The molecule has 0 radical (unpaired) electrons. The molecule has 2 heterocycles. The van der Waals surface area contributed by atoms with Crippen LogP contribution in [0.25, 0.3) is 10.2 Å². The Morgan fingerprint density at radius 1 is 1.48 bits per heavy atom. The number of nitriles is 1. The van der Waals surface area contributed by atoms with Crippen LogP contribution in [-0.2, 0) is 11.8 Å². The molecule has 0 saturated heterocycles. The third-order valence-electron chi connectivity index (χ3n) is 3.37. The van der Waals surface area contributed by atoms with Crippen molar-refractivity contribution in [2.24, 2.45) is 7.05 Å². The first kappa shape index (κ1) is 17.5. The van der Waals surface area contributed by atoms with Crippen LogP contribution in [0.4, 0.5) is 5.69 Å². The van der Waals surface area contributed by atoms with Gasteiger partial charge in [0.2, 0.25) is 5.91 Å². The maximum absolute atomic E-state index is 12.2. The van der Waals surface area contributed by atoms with Crippen LogP contribution >= 0.6 is 34.7 Å². The van der Waals surface area contributed by atoms with E-state index in [4.69, 9.17) is 16.9 Å². The maximum atomic E-state index is 12.2. The number of fused-ring (bicyclic) bond motifs is 1. The molecule has 0 aliphatic rings. The van der Waals surface area contributed by atoms with Crippen molar-refractivity contribution >= 4 is 56.5 Å². The van der Waals surface area contributed by atoms with Gasteiger partial charge < -0.3 is 5.32 Å². The van der Waals surface area contributed by atoms with E-state index in [2.05, 4.69) is 10.3 Å². The summed E-state index contributed by atoms with van der Waals surface area (Å²) in [5, 5.41) is 14.7. The number of carbonyl (C=O) groups excluding carboxylic acids is 1. The molecule has 1 aromatic carbocycles. The van der Waals surface area contributed by atoms with E-state index in [0.717, 1.165) is 0 Å². The number of halogens is 1. The largest absolute Gasteiger partial charge is 0.325 e. The zero-order valence-corrected chi connectivity index (χ0v) is 15.3. The molecule has 0 aliphatic carbocycles. The number of anilines is 1. The van der Waals surface area contributed by atoms with Gasteiger partial charge in [0.1, 0.15) is 10.9 Å². The Morgan fingerprint density at radius 2 is 2.28 bits per heavy atom. The minimum Gasteiger partial charge on any atom is -0.325 e. The van der Waals surface area contributed by atoms with Crippen LogP contribution in [0.5, 0.6) is 0 Å². The number of amides is 1. The quantitative estimate of drug-likeness (QED) is 0.545. The van der Waals surface area contributed by atoms with Crippen LogP contribution in [0, 0.1) is 11.3 Å². The summed E-state index contributed by atoms with van der Waals surface area (Å²) in [5.74, 6) is -0.166. The molecule has 3 aromatic rings. The molecule has 0 atom stereocenters. The monoisotopic (exact) mass is 390 g/mol. The lowest BCUT2D eigenvalue weighted by Gasteiger charge is -2.08. The van der Waals surface area contributed by atoms with E-state index in [9.17, 15) is 9.59 Å². The molecule has 3 rings (SSSR count). The van der Waals surface area contributed by atoms with Crippen molar-refractivity contribution in [2.45, 2.75) is 5.16 Å². The molecule has 6 nitrogen and oxygen atoms in total. The van der Waals surface area contributed by atoms with Gasteiger partial charge in [0, 0.05) is 12.7 Å². The van der Waals surface area contributed by atoms with Crippen molar-refractivity contribution in [2.75, 3.05) is 11.1 Å². The average Bonchev–Trinajstić information content (AvgIpc) is 3.05. The predicted octanol–water partition coefficient (Wildman–Crippen LogP) is 3.25. The van der Waals surface area contributed by atoms with Gasteiger partial charge in [-0.05, 0) is 29.6 Å². The number of thioether (sulfide) groups is 1. The topological polar surface area (TPSA) is 87.8 Å². The van der Waals surface area contributed by atoms with Crippen molar-refractivity contribution < 1.29 is 4.79 Å². The van der Waals surface area contributed by atoms with Crippen LogP contribution in [0.1, 0.15) is 5.56 Å². The normalized spacial score (nSPS) is 10.6. The predicted molar refractivity (Wildman–Crippen MR) is 100 cm³/mol. The average molecular weight is 391 g/mol. The number of hydrogen-bond acceptors (Lipinski definition) is 6. The van der Waals surface area contributed by atoms with Crippen molar-refractivity contribution in [3.63, 3.8) is 0 Å². The smallest absolute Gasteiger partial charge is 0.262 e. The molecule has 0 aliphatic heterocycles. The number of nitrogens with zero attached hydrogens (tertiary/aromatic N) is 3. The van der Waals surface area contributed by atoms with Gasteiger partial charge in [-0.1, -0.05) is 23.4 Å². The Morgan fingerprint density at radius 3 is 3.00 bits per heavy atom. The summed E-state index contributed by atoms with van der Waals surface area (Å²) in [6.07, 6.45) is 0. The zero-order valence-electron chi connectivity index (χ0n) is 12.9. The number of rotatable bonds is 4. The number of thiophene rings is 1. The second kappa shape index (κ2) is 7.27. The SMILES string of the molecule is Cn1c(SCC(=O)Nc2ccc(C#N)c(Cl)c2)nc2sccc2c1=O. The van der Waals surface area contributed by atoms with Crippen molar-refractivity contribution in [3.05, 3.63) is 50.6 Å². The van der Waals surface area contributed by atoms with E-state index in [0.29, 0.717) is 26.6 Å². The molecule has 0 saturated carbocycles. The number of carbonyl (C=O) groups is 1. The minimum atomic E-state index is -0.258. The van der Waals surface area contributed by atoms with Gasteiger partial charge in [-0.3, -0.25) is 14.2 Å². The van der Waals surface area contributed by atoms with E-state index < -0.39 is 0 Å².